The first-order valence-corrected chi connectivity index (χ1v) is 7.06. The van der Waals surface area contributed by atoms with Crippen LogP contribution in [0.15, 0.2) is 48.5 Å². The Kier molecular flexibility index (Phi) is 2.97. The first-order valence-electron chi connectivity index (χ1n) is 7.06. The van der Waals surface area contributed by atoms with Gasteiger partial charge in [0.05, 0.1) is 0 Å². The van der Waals surface area contributed by atoms with Crippen molar-refractivity contribution in [3.05, 3.63) is 59.7 Å². The molecular formula is C18H20O2. The molecule has 1 N–H and O–H groups in total. The van der Waals surface area contributed by atoms with E-state index < -0.39 is 0 Å². The van der Waals surface area contributed by atoms with E-state index in [9.17, 15) is 5.11 Å². The van der Waals surface area contributed by atoms with Crippen LogP contribution in [0.3, 0.4) is 0 Å². The lowest BCUT2D eigenvalue weighted by Gasteiger charge is -2.44. The van der Waals surface area contributed by atoms with Gasteiger partial charge in [0.1, 0.15) is 17.1 Å². The largest absolute Gasteiger partial charge is 0.508 e. The van der Waals surface area contributed by atoms with E-state index in [1.165, 1.54) is 11.1 Å². The second-order valence-corrected chi connectivity index (χ2v) is 6.10. The number of hydrogen-bond acceptors (Lipinski definition) is 2. The van der Waals surface area contributed by atoms with Crippen LogP contribution in [0, 0.1) is 0 Å². The highest BCUT2D eigenvalue weighted by molar-refractivity contribution is 5.44. The van der Waals surface area contributed by atoms with Crippen LogP contribution in [0.1, 0.15) is 43.7 Å². The molecule has 2 heteroatoms. The molecule has 1 aliphatic rings. The van der Waals surface area contributed by atoms with Gasteiger partial charge < -0.3 is 9.84 Å². The maximum absolute atomic E-state index is 9.48. The molecule has 0 saturated heterocycles. The molecule has 3 rings (SSSR count). The smallest absolute Gasteiger partial charge is 0.123 e. The Labute approximate surface area is 120 Å². The summed E-state index contributed by atoms with van der Waals surface area (Å²) in [4.78, 5) is 0. The maximum Gasteiger partial charge on any atom is 0.123 e. The summed E-state index contributed by atoms with van der Waals surface area (Å²) in [5.41, 5.74) is 2.18. The van der Waals surface area contributed by atoms with Crippen molar-refractivity contribution in [2.45, 2.75) is 38.2 Å². The van der Waals surface area contributed by atoms with E-state index in [0.29, 0.717) is 11.7 Å². The minimum atomic E-state index is -0.273. The molecule has 0 amide bonds. The second kappa shape index (κ2) is 4.55. The first kappa shape index (κ1) is 13.0. The fraction of sp³-hybridized carbons (Fsp3) is 0.333. The second-order valence-electron chi connectivity index (χ2n) is 6.10. The van der Waals surface area contributed by atoms with Crippen LogP contribution in [0.25, 0.3) is 0 Å². The lowest BCUT2D eigenvalue weighted by molar-refractivity contribution is 0.0498. The minimum Gasteiger partial charge on any atom is -0.508 e. The number of phenols is 1. The SMILES string of the molecule is CC1c2ccccc2OC(C)(C)C1c1ccc(O)cc1. The van der Waals surface area contributed by atoms with Gasteiger partial charge in [0.2, 0.25) is 0 Å². The van der Waals surface area contributed by atoms with Crippen LogP contribution in [0.4, 0.5) is 0 Å². The Hall–Kier alpha value is -1.96. The van der Waals surface area contributed by atoms with E-state index in [1.54, 1.807) is 12.1 Å². The lowest BCUT2D eigenvalue weighted by Crippen LogP contribution is -2.42. The summed E-state index contributed by atoms with van der Waals surface area (Å²) in [7, 11) is 0. The molecule has 0 saturated carbocycles. The Morgan fingerprint density at radius 3 is 2.35 bits per heavy atom. The highest BCUT2D eigenvalue weighted by Gasteiger charge is 2.42. The van der Waals surface area contributed by atoms with E-state index in [4.69, 9.17) is 4.74 Å². The van der Waals surface area contributed by atoms with E-state index in [0.717, 1.165) is 5.75 Å². The first-order chi connectivity index (χ1) is 9.49. The van der Waals surface area contributed by atoms with Crippen molar-refractivity contribution < 1.29 is 9.84 Å². The van der Waals surface area contributed by atoms with Crippen molar-refractivity contribution in [3.8, 4) is 11.5 Å². The van der Waals surface area contributed by atoms with Gasteiger partial charge >= 0.3 is 0 Å². The standard InChI is InChI=1S/C18H20O2/c1-12-15-6-4-5-7-16(15)20-18(2,3)17(12)13-8-10-14(19)11-9-13/h4-12,17,19H,1-3H3. The fourth-order valence-corrected chi connectivity index (χ4v) is 3.45. The van der Waals surface area contributed by atoms with E-state index in [2.05, 4.69) is 32.9 Å². The summed E-state index contributed by atoms with van der Waals surface area (Å²) in [6.45, 7) is 6.52. The van der Waals surface area contributed by atoms with Gasteiger partial charge in [-0.15, -0.1) is 0 Å². The molecule has 104 valence electrons. The summed E-state index contributed by atoms with van der Waals surface area (Å²) in [6.07, 6.45) is 0. The van der Waals surface area contributed by atoms with Crippen molar-refractivity contribution in [1.82, 2.24) is 0 Å². The zero-order valence-corrected chi connectivity index (χ0v) is 12.1. The lowest BCUT2D eigenvalue weighted by atomic mass is 9.71. The van der Waals surface area contributed by atoms with E-state index in [1.807, 2.05) is 24.3 Å². The summed E-state index contributed by atoms with van der Waals surface area (Å²) in [5.74, 6) is 1.92. The number of ether oxygens (including phenoxy) is 1. The summed E-state index contributed by atoms with van der Waals surface area (Å²) in [6, 6.07) is 15.7. The number of rotatable bonds is 1. The molecule has 0 bridgehead atoms. The van der Waals surface area contributed by atoms with E-state index in [-0.39, 0.29) is 11.5 Å². The normalized spacial score (nSPS) is 23.8. The molecule has 0 aliphatic carbocycles. The van der Waals surface area contributed by atoms with Crippen LogP contribution in [0.2, 0.25) is 0 Å². The number of para-hydroxylation sites is 1. The van der Waals surface area contributed by atoms with Gasteiger partial charge in [-0.05, 0) is 49.1 Å². The topological polar surface area (TPSA) is 29.5 Å². The molecule has 0 spiro atoms. The van der Waals surface area contributed by atoms with Gasteiger partial charge in [-0.25, -0.2) is 0 Å². The van der Waals surface area contributed by atoms with Gasteiger partial charge in [-0.3, -0.25) is 0 Å². The average molecular weight is 268 g/mol. The molecule has 2 nitrogen and oxygen atoms in total. The zero-order valence-electron chi connectivity index (χ0n) is 12.1. The highest BCUT2D eigenvalue weighted by atomic mass is 16.5. The maximum atomic E-state index is 9.48. The third-order valence-electron chi connectivity index (χ3n) is 4.28. The Bertz CT molecular complexity index is 614. The minimum absolute atomic E-state index is 0.262. The molecule has 0 radical (unpaired) electrons. The van der Waals surface area contributed by atoms with Crippen LogP contribution in [0.5, 0.6) is 11.5 Å². The number of phenolic OH excluding ortho intramolecular Hbond substituents is 1. The van der Waals surface area contributed by atoms with Crippen LogP contribution in [-0.2, 0) is 0 Å². The molecule has 2 atom stereocenters. The zero-order chi connectivity index (χ0) is 14.3. The number of aromatic hydroxyl groups is 1. The van der Waals surface area contributed by atoms with Crippen molar-refractivity contribution in [3.63, 3.8) is 0 Å². The highest BCUT2D eigenvalue weighted by Crippen LogP contribution is 2.49. The average Bonchev–Trinajstić information content (AvgIpc) is 2.40. The third-order valence-corrected chi connectivity index (χ3v) is 4.28. The van der Waals surface area contributed by atoms with Gasteiger partial charge in [0, 0.05) is 5.92 Å². The monoisotopic (exact) mass is 268 g/mol. The van der Waals surface area contributed by atoms with Gasteiger partial charge in [0.25, 0.3) is 0 Å². The Morgan fingerprint density at radius 1 is 1.00 bits per heavy atom. The summed E-state index contributed by atoms with van der Waals surface area (Å²) >= 11 is 0. The summed E-state index contributed by atoms with van der Waals surface area (Å²) < 4.78 is 6.22. The van der Waals surface area contributed by atoms with Crippen molar-refractivity contribution in [1.29, 1.82) is 0 Å². The van der Waals surface area contributed by atoms with Crippen molar-refractivity contribution in [2.75, 3.05) is 0 Å². The molecule has 2 aromatic carbocycles. The van der Waals surface area contributed by atoms with Crippen molar-refractivity contribution in [2.24, 2.45) is 0 Å². The number of fused-ring (bicyclic) bond motifs is 1. The quantitative estimate of drug-likeness (QED) is 0.828. The van der Waals surface area contributed by atoms with Gasteiger partial charge in [-0.2, -0.15) is 0 Å². The third kappa shape index (κ3) is 2.05. The number of hydrogen-bond donors (Lipinski definition) is 1. The van der Waals surface area contributed by atoms with Gasteiger partial charge in [-0.1, -0.05) is 37.3 Å². The van der Waals surface area contributed by atoms with E-state index >= 15 is 0 Å². The predicted octanol–water partition coefficient (Wildman–Crippen LogP) is 4.45. The Balaban J connectivity index is 2.08. The number of benzene rings is 2. The summed E-state index contributed by atoms with van der Waals surface area (Å²) in [5, 5.41) is 9.48. The predicted molar refractivity (Wildman–Crippen MR) is 80.4 cm³/mol. The van der Waals surface area contributed by atoms with Crippen LogP contribution >= 0.6 is 0 Å². The molecule has 0 aromatic heterocycles. The molecule has 2 unspecified atom stereocenters. The molecular weight excluding hydrogens is 248 g/mol. The van der Waals surface area contributed by atoms with Crippen molar-refractivity contribution >= 4 is 0 Å². The molecule has 1 heterocycles. The Morgan fingerprint density at radius 2 is 1.65 bits per heavy atom. The molecule has 1 aliphatic heterocycles. The fourth-order valence-electron chi connectivity index (χ4n) is 3.45. The van der Waals surface area contributed by atoms with Crippen LogP contribution < -0.4 is 4.74 Å². The molecule has 2 aromatic rings. The van der Waals surface area contributed by atoms with Gasteiger partial charge in [0.15, 0.2) is 0 Å². The van der Waals surface area contributed by atoms with Crippen LogP contribution in [-0.4, -0.2) is 10.7 Å². The molecule has 20 heavy (non-hydrogen) atoms. The molecule has 0 fully saturated rings.